The number of carbonyl (C=O) groups is 1. The predicted molar refractivity (Wildman–Crippen MR) is 80.0 cm³/mol. The van der Waals surface area contributed by atoms with Gasteiger partial charge in [-0.15, -0.1) is 11.3 Å². The Bertz CT molecular complexity index is 750. The molecule has 0 spiro atoms. The van der Waals surface area contributed by atoms with Crippen LogP contribution in [0.1, 0.15) is 21.8 Å². The molecular weight excluding hydrogens is 286 g/mol. The molecule has 3 heterocycles. The van der Waals surface area contributed by atoms with Crippen molar-refractivity contribution in [3.63, 3.8) is 0 Å². The summed E-state index contributed by atoms with van der Waals surface area (Å²) in [5.41, 5.74) is 2.15. The summed E-state index contributed by atoms with van der Waals surface area (Å²) < 4.78 is 4.90. The monoisotopic (exact) mass is 299 g/mol. The van der Waals surface area contributed by atoms with Crippen molar-refractivity contribution in [3.05, 3.63) is 58.9 Å². The van der Waals surface area contributed by atoms with Crippen LogP contribution >= 0.6 is 11.3 Å². The summed E-state index contributed by atoms with van der Waals surface area (Å²) in [7, 11) is 0. The van der Waals surface area contributed by atoms with Gasteiger partial charge in [-0.3, -0.25) is 9.78 Å². The molecule has 0 atom stereocenters. The highest BCUT2D eigenvalue weighted by molar-refractivity contribution is 7.13. The Balaban J connectivity index is 1.75. The van der Waals surface area contributed by atoms with Crippen molar-refractivity contribution in [2.45, 2.75) is 13.5 Å². The van der Waals surface area contributed by atoms with Crippen molar-refractivity contribution >= 4 is 17.2 Å². The van der Waals surface area contributed by atoms with E-state index in [1.54, 1.807) is 30.5 Å². The van der Waals surface area contributed by atoms with Gasteiger partial charge < -0.3 is 9.84 Å². The number of pyridine rings is 1. The van der Waals surface area contributed by atoms with Gasteiger partial charge in [0.05, 0.1) is 10.6 Å². The van der Waals surface area contributed by atoms with Crippen LogP contribution in [0.15, 0.2) is 46.4 Å². The van der Waals surface area contributed by atoms with E-state index in [4.69, 9.17) is 4.52 Å². The Morgan fingerprint density at radius 2 is 2.29 bits per heavy atom. The highest BCUT2D eigenvalue weighted by Gasteiger charge is 2.12. The molecule has 3 aromatic rings. The number of rotatable bonds is 4. The fourth-order valence-electron chi connectivity index (χ4n) is 1.96. The molecule has 5 nitrogen and oxygen atoms in total. The van der Waals surface area contributed by atoms with Gasteiger partial charge in [0, 0.05) is 18.8 Å². The second-order valence-corrected chi connectivity index (χ2v) is 5.44. The molecule has 106 valence electrons. The molecule has 3 aromatic heterocycles. The van der Waals surface area contributed by atoms with Crippen molar-refractivity contribution in [2.24, 2.45) is 0 Å². The van der Waals surface area contributed by atoms with Crippen molar-refractivity contribution < 1.29 is 9.32 Å². The fraction of sp³-hybridized carbons (Fsp3) is 0.133. The number of hydrogen-bond acceptors (Lipinski definition) is 5. The van der Waals surface area contributed by atoms with Crippen LogP contribution in [0.25, 0.3) is 10.6 Å². The van der Waals surface area contributed by atoms with Crippen LogP contribution in [0.5, 0.6) is 0 Å². The molecule has 0 radical (unpaired) electrons. The van der Waals surface area contributed by atoms with E-state index in [-0.39, 0.29) is 11.6 Å². The summed E-state index contributed by atoms with van der Waals surface area (Å²) in [6.07, 6.45) is 1.75. The van der Waals surface area contributed by atoms with Gasteiger partial charge in [0.1, 0.15) is 5.76 Å². The summed E-state index contributed by atoms with van der Waals surface area (Å²) in [5.74, 6) is 0.355. The molecule has 0 aliphatic heterocycles. The Kier molecular flexibility index (Phi) is 3.79. The minimum Gasteiger partial charge on any atom is -0.361 e. The summed E-state index contributed by atoms with van der Waals surface area (Å²) in [6.45, 7) is 2.14. The van der Waals surface area contributed by atoms with Crippen LogP contribution < -0.4 is 5.32 Å². The number of aromatic nitrogens is 2. The van der Waals surface area contributed by atoms with Crippen molar-refractivity contribution in [3.8, 4) is 10.6 Å². The second-order valence-electron chi connectivity index (χ2n) is 4.49. The van der Waals surface area contributed by atoms with E-state index in [2.05, 4.69) is 15.5 Å². The number of aryl methyl sites for hydroxylation is 1. The van der Waals surface area contributed by atoms with Gasteiger partial charge in [0.25, 0.3) is 5.91 Å². The molecule has 0 saturated carbocycles. The first-order chi connectivity index (χ1) is 10.2. The molecule has 0 saturated heterocycles. The van der Waals surface area contributed by atoms with Crippen molar-refractivity contribution in [2.75, 3.05) is 0 Å². The maximum Gasteiger partial charge on any atom is 0.273 e. The first-order valence-electron chi connectivity index (χ1n) is 6.43. The zero-order chi connectivity index (χ0) is 14.7. The third-order valence-electron chi connectivity index (χ3n) is 2.95. The van der Waals surface area contributed by atoms with Crippen LogP contribution in [-0.4, -0.2) is 16.0 Å². The Morgan fingerprint density at radius 1 is 1.38 bits per heavy atom. The lowest BCUT2D eigenvalue weighted by Crippen LogP contribution is -2.23. The second kappa shape index (κ2) is 5.88. The molecular formula is C15H13N3O2S. The molecule has 6 heteroatoms. The first-order valence-corrected chi connectivity index (χ1v) is 7.31. The number of nitrogens with one attached hydrogen (secondary N) is 1. The van der Waals surface area contributed by atoms with Gasteiger partial charge in [0.15, 0.2) is 5.69 Å². The minimum absolute atomic E-state index is 0.257. The summed E-state index contributed by atoms with van der Waals surface area (Å²) >= 11 is 1.62. The van der Waals surface area contributed by atoms with Crippen LogP contribution in [0.4, 0.5) is 0 Å². The van der Waals surface area contributed by atoms with Gasteiger partial charge in [0.2, 0.25) is 0 Å². The number of amides is 1. The highest BCUT2D eigenvalue weighted by Crippen LogP contribution is 2.25. The standard InChI is InChI=1S/C15H13N3O2S/c1-10-8-12(18-20-10)15(19)17-9-11-4-2-6-16-14(11)13-5-3-7-21-13/h2-8H,9H2,1H3,(H,17,19). The van der Waals surface area contributed by atoms with Gasteiger partial charge >= 0.3 is 0 Å². The summed E-state index contributed by atoms with van der Waals surface area (Å²) in [4.78, 5) is 17.5. The minimum atomic E-state index is -0.257. The van der Waals surface area contributed by atoms with E-state index in [0.29, 0.717) is 12.3 Å². The molecule has 0 bridgehead atoms. The SMILES string of the molecule is Cc1cc(C(=O)NCc2cccnc2-c2cccs2)no1. The highest BCUT2D eigenvalue weighted by atomic mass is 32.1. The van der Waals surface area contributed by atoms with Crippen molar-refractivity contribution in [1.29, 1.82) is 0 Å². The molecule has 3 rings (SSSR count). The maximum atomic E-state index is 12.0. The Morgan fingerprint density at radius 3 is 3.00 bits per heavy atom. The van der Waals surface area contributed by atoms with E-state index >= 15 is 0 Å². The number of hydrogen-bond donors (Lipinski definition) is 1. The lowest BCUT2D eigenvalue weighted by molar-refractivity contribution is 0.0942. The average molecular weight is 299 g/mol. The molecule has 1 amide bonds. The number of thiophene rings is 1. The van der Waals surface area contributed by atoms with Gasteiger partial charge in [-0.2, -0.15) is 0 Å². The number of nitrogens with zero attached hydrogens (tertiary/aromatic N) is 2. The summed E-state index contributed by atoms with van der Waals surface area (Å²) in [5, 5.41) is 8.54. The molecule has 0 aliphatic rings. The third-order valence-corrected chi connectivity index (χ3v) is 3.82. The normalized spacial score (nSPS) is 10.5. The third kappa shape index (κ3) is 3.00. The fourth-order valence-corrected chi connectivity index (χ4v) is 2.71. The van der Waals surface area contributed by atoms with Crippen LogP contribution in [0.3, 0.4) is 0 Å². The average Bonchev–Trinajstić information content (AvgIpc) is 3.16. The topological polar surface area (TPSA) is 68.0 Å². The zero-order valence-corrected chi connectivity index (χ0v) is 12.2. The lowest BCUT2D eigenvalue weighted by atomic mass is 10.1. The molecule has 1 N–H and O–H groups in total. The molecule has 0 unspecified atom stereocenters. The largest absolute Gasteiger partial charge is 0.361 e. The van der Waals surface area contributed by atoms with E-state index in [0.717, 1.165) is 16.1 Å². The zero-order valence-electron chi connectivity index (χ0n) is 11.4. The van der Waals surface area contributed by atoms with Gasteiger partial charge in [-0.1, -0.05) is 17.3 Å². The van der Waals surface area contributed by atoms with Crippen LogP contribution in [-0.2, 0) is 6.54 Å². The van der Waals surface area contributed by atoms with E-state index < -0.39 is 0 Å². The molecule has 0 aromatic carbocycles. The molecule has 0 aliphatic carbocycles. The van der Waals surface area contributed by atoms with E-state index in [1.807, 2.05) is 29.6 Å². The van der Waals surface area contributed by atoms with Crippen molar-refractivity contribution in [1.82, 2.24) is 15.5 Å². The van der Waals surface area contributed by atoms with E-state index in [1.165, 1.54) is 0 Å². The lowest BCUT2D eigenvalue weighted by Gasteiger charge is -2.07. The van der Waals surface area contributed by atoms with Crippen LogP contribution in [0, 0.1) is 6.92 Å². The maximum absolute atomic E-state index is 12.0. The smallest absolute Gasteiger partial charge is 0.273 e. The quantitative estimate of drug-likeness (QED) is 0.804. The Hall–Kier alpha value is -2.47. The summed E-state index contributed by atoms with van der Waals surface area (Å²) in [6, 6.07) is 9.42. The molecule has 21 heavy (non-hydrogen) atoms. The first kappa shape index (κ1) is 13.5. The molecule has 0 fully saturated rings. The Labute approximate surface area is 125 Å². The van der Waals surface area contributed by atoms with Crippen LogP contribution in [0.2, 0.25) is 0 Å². The predicted octanol–water partition coefficient (Wildman–Crippen LogP) is 3.04. The van der Waals surface area contributed by atoms with Gasteiger partial charge in [-0.25, -0.2) is 0 Å². The van der Waals surface area contributed by atoms with E-state index in [9.17, 15) is 4.79 Å². The number of carbonyl (C=O) groups excluding carboxylic acids is 1. The van der Waals surface area contributed by atoms with Gasteiger partial charge in [-0.05, 0) is 30.0 Å².